The van der Waals surface area contributed by atoms with Gasteiger partial charge in [-0.3, -0.25) is 9.80 Å². The third-order valence-electron chi connectivity index (χ3n) is 5.78. The van der Waals surface area contributed by atoms with Crippen LogP contribution in [0.2, 0.25) is 0 Å². The van der Waals surface area contributed by atoms with E-state index in [9.17, 15) is 4.79 Å². The predicted octanol–water partition coefficient (Wildman–Crippen LogP) is 1.73. The molecule has 2 fully saturated rings. The second-order valence-electron chi connectivity index (χ2n) is 7.58. The van der Waals surface area contributed by atoms with Gasteiger partial charge in [-0.25, -0.2) is 4.79 Å². The number of benzene rings is 1. The SMILES string of the molecule is CCNC(=O)N1CCC[C@H](N2CCN(Cc3ccc4c(c3)OCO4)CC2)C1. The Hall–Kier alpha value is -1.99. The van der Waals surface area contributed by atoms with E-state index in [0.29, 0.717) is 19.4 Å². The quantitative estimate of drug-likeness (QED) is 0.870. The number of piperazine rings is 1. The molecule has 0 bridgehead atoms. The van der Waals surface area contributed by atoms with E-state index in [-0.39, 0.29) is 6.03 Å². The van der Waals surface area contributed by atoms with Gasteiger partial charge in [0.1, 0.15) is 0 Å². The molecule has 0 unspecified atom stereocenters. The minimum Gasteiger partial charge on any atom is -0.454 e. The third kappa shape index (κ3) is 4.30. The summed E-state index contributed by atoms with van der Waals surface area (Å²) in [6.07, 6.45) is 2.29. The molecule has 2 amide bonds. The fraction of sp³-hybridized carbons (Fsp3) is 0.650. The topological polar surface area (TPSA) is 57.3 Å². The van der Waals surface area contributed by atoms with Gasteiger partial charge in [0.05, 0.1) is 0 Å². The van der Waals surface area contributed by atoms with Crippen LogP contribution in [0, 0.1) is 0 Å². The van der Waals surface area contributed by atoms with E-state index in [1.165, 1.54) is 12.0 Å². The number of fused-ring (bicyclic) bond motifs is 1. The van der Waals surface area contributed by atoms with Crippen molar-refractivity contribution in [3.8, 4) is 11.5 Å². The van der Waals surface area contributed by atoms with E-state index in [0.717, 1.165) is 63.7 Å². The lowest BCUT2D eigenvalue weighted by Gasteiger charge is -2.43. The lowest BCUT2D eigenvalue weighted by molar-refractivity contribution is 0.0582. The molecule has 0 radical (unpaired) electrons. The molecule has 7 nitrogen and oxygen atoms in total. The van der Waals surface area contributed by atoms with Crippen LogP contribution in [0.5, 0.6) is 11.5 Å². The highest BCUT2D eigenvalue weighted by Gasteiger charge is 2.29. The minimum absolute atomic E-state index is 0.0867. The van der Waals surface area contributed by atoms with E-state index in [4.69, 9.17) is 9.47 Å². The van der Waals surface area contributed by atoms with Crippen LogP contribution in [0.1, 0.15) is 25.3 Å². The number of carbonyl (C=O) groups excluding carboxylic acids is 1. The van der Waals surface area contributed by atoms with E-state index in [1.54, 1.807) is 0 Å². The monoisotopic (exact) mass is 374 g/mol. The molecule has 0 saturated carbocycles. The van der Waals surface area contributed by atoms with Gasteiger partial charge in [0.25, 0.3) is 0 Å². The first-order valence-corrected chi connectivity index (χ1v) is 10.1. The maximum Gasteiger partial charge on any atom is 0.317 e. The maximum absolute atomic E-state index is 12.1. The molecular weight excluding hydrogens is 344 g/mol. The largest absolute Gasteiger partial charge is 0.454 e. The Morgan fingerprint density at radius 3 is 2.78 bits per heavy atom. The van der Waals surface area contributed by atoms with Crippen molar-refractivity contribution < 1.29 is 14.3 Å². The van der Waals surface area contributed by atoms with Gasteiger partial charge in [0.15, 0.2) is 11.5 Å². The first-order chi connectivity index (χ1) is 13.2. The molecule has 1 N–H and O–H groups in total. The van der Waals surface area contributed by atoms with Gasteiger partial charge in [0.2, 0.25) is 6.79 Å². The van der Waals surface area contributed by atoms with Crippen LogP contribution in [0.25, 0.3) is 0 Å². The Morgan fingerprint density at radius 1 is 1.15 bits per heavy atom. The Kier molecular flexibility index (Phi) is 5.69. The van der Waals surface area contributed by atoms with Crippen molar-refractivity contribution in [1.29, 1.82) is 0 Å². The van der Waals surface area contributed by atoms with E-state index < -0.39 is 0 Å². The molecular formula is C20H30N4O3. The summed E-state index contributed by atoms with van der Waals surface area (Å²) in [5.74, 6) is 1.70. The molecule has 27 heavy (non-hydrogen) atoms. The molecule has 0 aromatic heterocycles. The zero-order valence-electron chi connectivity index (χ0n) is 16.2. The smallest absolute Gasteiger partial charge is 0.317 e. The van der Waals surface area contributed by atoms with Crippen LogP contribution in [-0.2, 0) is 6.54 Å². The Labute approximate surface area is 161 Å². The summed E-state index contributed by atoms with van der Waals surface area (Å²) in [4.78, 5) is 19.2. The van der Waals surface area contributed by atoms with Crippen LogP contribution in [0.3, 0.4) is 0 Å². The van der Waals surface area contributed by atoms with Crippen LogP contribution in [-0.4, -0.2) is 79.4 Å². The third-order valence-corrected chi connectivity index (χ3v) is 5.78. The lowest BCUT2D eigenvalue weighted by atomic mass is 10.0. The molecule has 7 heteroatoms. The standard InChI is InChI=1S/C20H30N4O3/c1-2-21-20(25)24-7-3-4-17(14-24)23-10-8-22(9-11-23)13-16-5-6-18-19(12-16)27-15-26-18/h5-6,12,17H,2-4,7-11,13-15H2,1H3,(H,21,25)/t17-/m0/s1. The van der Waals surface area contributed by atoms with E-state index >= 15 is 0 Å². The number of amides is 2. The van der Waals surface area contributed by atoms with Crippen molar-refractivity contribution in [2.75, 3.05) is 52.6 Å². The second-order valence-corrected chi connectivity index (χ2v) is 7.58. The first-order valence-electron chi connectivity index (χ1n) is 10.1. The fourth-order valence-corrected chi connectivity index (χ4v) is 4.28. The first kappa shape index (κ1) is 18.4. The van der Waals surface area contributed by atoms with Crippen molar-refractivity contribution in [2.24, 2.45) is 0 Å². The van der Waals surface area contributed by atoms with Gasteiger partial charge in [-0.15, -0.1) is 0 Å². The average molecular weight is 374 g/mol. The number of nitrogens with one attached hydrogen (secondary N) is 1. The van der Waals surface area contributed by atoms with Gasteiger partial charge >= 0.3 is 6.03 Å². The normalized spacial score (nSPS) is 23.4. The molecule has 1 aromatic carbocycles. The molecule has 3 aliphatic heterocycles. The van der Waals surface area contributed by atoms with Crippen molar-refractivity contribution in [3.05, 3.63) is 23.8 Å². The Bertz CT molecular complexity index is 661. The molecule has 1 aromatic rings. The van der Waals surface area contributed by atoms with Crippen LogP contribution >= 0.6 is 0 Å². The summed E-state index contributed by atoms with van der Waals surface area (Å²) in [7, 11) is 0. The van der Waals surface area contributed by atoms with Gasteiger partial charge in [0, 0.05) is 58.4 Å². The number of hydrogen-bond acceptors (Lipinski definition) is 5. The van der Waals surface area contributed by atoms with Crippen molar-refractivity contribution in [3.63, 3.8) is 0 Å². The van der Waals surface area contributed by atoms with Gasteiger partial charge < -0.3 is 19.7 Å². The Morgan fingerprint density at radius 2 is 1.96 bits per heavy atom. The number of piperidine rings is 1. The number of hydrogen-bond donors (Lipinski definition) is 1. The minimum atomic E-state index is 0.0867. The molecule has 0 aliphatic carbocycles. The van der Waals surface area contributed by atoms with Gasteiger partial charge in [-0.1, -0.05) is 6.07 Å². The molecule has 148 valence electrons. The fourth-order valence-electron chi connectivity index (χ4n) is 4.28. The van der Waals surface area contributed by atoms with Gasteiger partial charge in [-0.05, 0) is 37.5 Å². The zero-order valence-corrected chi connectivity index (χ0v) is 16.2. The number of nitrogens with zero attached hydrogens (tertiary/aromatic N) is 3. The summed E-state index contributed by atoms with van der Waals surface area (Å²) in [5.41, 5.74) is 1.27. The van der Waals surface area contributed by atoms with Crippen molar-refractivity contribution in [1.82, 2.24) is 20.0 Å². The summed E-state index contributed by atoms with van der Waals surface area (Å²) in [5, 5.41) is 2.93. The highest BCUT2D eigenvalue weighted by Crippen LogP contribution is 2.33. The highest BCUT2D eigenvalue weighted by atomic mass is 16.7. The van der Waals surface area contributed by atoms with Gasteiger partial charge in [-0.2, -0.15) is 0 Å². The molecule has 1 atom stereocenters. The van der Waals surface area contributed by atoms with E-state index in [2.05, 4.69) is 27.2 Å². The molecule has 0 spiro atoms. The van der Waals surface area contributed by atoms with Crippen LogP contribution < -0.4 is 14.8 Å². The van der Waals surface area contributed by atoms with Crippen molar-refractivity contribution >= 4 is 6.03 Å². The number of carbonyl (C=O) groups is 1. The average Bonchev–Trinajstić information content (AvgIpc) is 3.17. The highest BCUT2D eigenvalue weighted by molar-refractivity contribution is 5.74. The summed E-state index contributed by atoms with van der Waals surface area (Å²) < 4.78 is 10.9. The number of ether oxygens (including phenoxy) is 2. The van der Waals surface area contributed by atoms with Crippen LogP contribution in [0.4, 0.5) is 4.79 Å². The zero-order chi connectivity index (χ0) is 18.6. The summed E-state index contributed by atoms with van der Waals surface area (Å²) >= 11 is 0. The maximum atomic E-state index is 12.1. The summed E-state index contributed by atoms with van der Waals surface area (Å²) in [6.45, 7) is 9.93. The molecule has 2 saturated heterocycles. The second kappa shape index (κ2) is 8.35. The predicted molar refractivity (Wildman–Crippen MR) is 103 cm³/mol. The number of urea groups is 1. The summed E-state index contributed by atoms with van der Waals surface area (Å²) in [6, 6.07) is 6.81. The number of likely N-dealkylation sites (tertiary alicyclic amines) is 1. The molecule has 3 heterocycles. The van der Waals surface area contributed by atoms with Crippen molar-refractivity contribution in [2.45, 2.75) is 32.4 Å². The molecule has 4 rings (SSSR count). The molecule has 3 aliphatic rings. The van der Waals surface area contributed by atoms with E-state index in [1.807, 2.05) is 17.9 Å². The Balaban J connectivity index is 1.27. The van der Waals surface area contributed by atoms with Crippen LogP contribution in [0.15, 0.2) is 18.2 Å². The lowest BCUT2D eigenvalue weighted by Crippen LogP contribution is -2.56. The number of rotatable bonds is 4.